The fraction of sp³-hybridized carbons (Fsp3) is 0.368. The van der Waals surface area contributed by atoms with Crippen LogP contribution in [0.2, 0.25) is 0 Å². The highest BCUT2D eigenvalue weighted by Crippen LogP contribution is 2.23. The Kier molecular flexibility index (Phi) is 4.34. The van der Waals surface area contributed by atoms with E-state index >= 15 is 0 Å². The van der Waals surface area contributed by atoms with Gasteiger partial charge in [0.25, 0.3) is 0 Å². The lowest BCUT2D eigenvalue weighted by Crippen LogP contribution is -2.56. The third kappa shape index (κ3) is 3.42. The molecule has 1 heterocycles. The minimum Gasteiger partial charge on any atom is -0.497 e. The monoisotopic (exact) mass is 297 g/mol. The second kappa shape index (κ2) is 6.41. The molecular formula is C19H25N2O+. The Balaban J connectivity index is 1.61. The molecule has 3 rings (SSSR count). The van der Waals surface area contributed by atoms with E-state index in [9.17, 15) is 0 Å². The first-order valence-corrected chi connectivity index (χ1v) is 7.95. The predicted molar refractivity (Wildman–Crippen MR) is 91.3 cm³/mol. The summed E-state index contributed by atoms with van der Waals surface area (Å²) in [6.45, 7) is 5.70. The zero-order valence-corrected chi connectivity index (χ0v) is 13.5. The molecule has 0 unspecified atom stereocenters. The smallest absolute Gasteiger partial charge is 0.119 e. The number of rotatable bonds is 4. The Hall–Kier alpha value is -2.00. The first kappa shape index (κ1) is 14.9. The Morgan fingerprint density at radius 2 is 1.59 bits per heavy atom. The maximum atomic E-state index is 5.23. The number of ether oxygens (including phenoxy) is 1. The molecule has 1 aliphatic heterocycles. The summed E-state index contributed by atoms with van der Waals surface area (Å²) in [4.78, 5) is 2.48. The Morgan fingerprint density at radius 1 is 0.955 bits per heavy atom. The standard InChI is InChI=1S/C19H25N2O/c1-21(16-17-6-4-3-5-7-17)14-12-20(13-15-21)18-8-10-19(22-2)11-9-18/h3-11H,12-16H2,1-2H3/q+1. The summed E-state index contributed by atoms with van der Waals surface area (Å²) in [6, 6.07) is 19.2. The number of piperazine rings is 1. The van der Waals surface area contributed by atoms with Crippen molar-refractivity contribution in [2.45, 2.75) is 6.54 Å². The minimum atomic E-state index is 0.922. The maximum Gasteiger partial charge on any atom is 0.119 e. The highest BCUT2D eigenvalue weighted by molar-refractivity contribution is 5.49. The summed E-state index contributed by atoms with van der Waals surface area (Å²) < 4.78 is 6.36. The molecule has 0 atom stereocenters. The SMILES string of the molecule is COc1ccc(N2CC[N+](C)(Cc3ccccc3)CC2)cc1. The first-order valence-electron chi connectivity index (χ1n) is 7.95. The molecule has 116 valence electrons. The zero-order valence-electron chi connectivity index (χ0n) is 13.5. The van der Waals surface area contributed by atoms with Gasteiger partial charge in [0.2, 0.25) is 0 Å². The largest absolute Gasteiger partial charge is 0.497 e. The van der Waals surface area contributed by atoms with Crippen molar-refractivity contribution >= 4 is 5.69 Å². The molecule has 0 amide bonds. The molecule has 3 heteroatoms. The molecule has 0 N–H and O–H groups in total. The van der Waals surface area contributed by atoms with Gasteiger partial charge in [-0.2, -0.15) is 0 Å². The van der Waals surface area contributed by atoms with E-state index in [0.717, 1.165) is 29.9 Å². The molecule has 0 radical (unpaired) electrons. The predicted octanol–water partition coefficient (Wildman–Crippen LogP) is 3.16. The maximum absolute atomic E-state index is 5.23. The molecule has 2 aromatic carbocycles. The topological polar surface area (TPSA) is 12.5 Å². The third-order valence-electron chi connectivity index (χ3n) is 4.66. The molecule has 1 saturated heterocycles. The molecule has 0 aliphatic carbocycles. The molecular weight excluding hydrogens is 272 g/mol. The van der Waals surface area contributed by atoms with Crippen LogP contribution in [-0.2, 0) is 6.54 Å². The normalized spacial score (nSPS) is 17.3. The number of likely N-dealkylation sites (N-methyl/N-ethyl adjacent to an activating group) is 1. The van der Waals surface area contributed by atoms with Crippen molar-refractivity contribution in [2.75, 3.05) is 45.2 Å². The van der Waals surface area contributed by atoms with Gasteiger partial charge in [-0.05, 0) is 24.3 Å². The fourth-order valence-electron chi connectivity index (χ4n) is 3.18. The van der Waals surface area contributed by atoms with Crippen LogP contribution in [0.4, 0.5) is 5.69 Å². The van der Waals surface area contributed by atoms with Crippen LogP contribution < -0.4 is 9.64 Å². The van der Waals surface area contributed by atoms with Gasteiger partial charge in [-0.1, -0.05) is 30.3 Å². The lowest BCUT2D eigenvalue weighted by atomic mass is 10.1. The summed E-state index contributed by atoms with van der Waals surface area (Å²) in [5, 5.41) is 0. The van der Waals surface area contributed by atoms with Gasteiger partial charge in [0.15, 0.2) is 0 Å². The summed E-state index contributed by atoms with van der Waals surface area (Å²) >= 11 is 0. The van der Waals surface area contributed by atoms with Crippen molar-refractivity contribution in [3.05, 3.63) is 60.2 Å². The first-order chi connectivity index (χ1) is 10.7. The van der Waals surface area contributed by atoms with Gasteiger partial charge in [-0.25, -0.2) is 0 Å². The molecule has 22 heavy (non-hydrogen) atoms. The van der Waals surface area contributed by atoms with Crippen LogP contribution in [0.15, 0.2) is 54.6 Å². The van der Waals surface area contributed by atoms with Crippen LogP contribution in [0.5, 0.6) is 5.75 Å². The molecule has 1 fully saturated rings. The summed E-state index contributed by atoms with van der Waals surface area (Å²) in [6.07, 6.45) is 0. The van der Waals surface area contributed by atoms with Gasteiger partial charge >= 0.3 is 0 Å². The van der Waals surface area contributed by atoms with E-state index < -0.39 is 0 Å². The molecule has 2 aromatic rings. The molecule has 0 saturated carbocycles. The molecule has 1 aliphatic rings. The van der Waals surface area contributed by atoms with E-state index in [2.05, 4.69) is 54.4 Å². The molecule has 3 nitrogen and oxygen atoms in total. The number of quaternary nitrogens is 1. The van der Waals surface area contributed by atoms with Gasteiger partial charge in [0.05, 0.1) is 40.3 Å². The van der Waals surface area contributed by atoms with Gasteiger partial charge in [-0.3, -0.25) is 0 Å². The van der Waals surface area contributed by atoms with Crippen LogP contribution in [0.1, 0.15) is 5.56 Å². The van der Waals surface area contributed by atoms with Crippen LogP contribution in [0, 0.1) is 0 Å². The number of anilines is 1. The number of hydrogen-bond donors (Lipinski definition) is 0. The second-order valence-electron chi connectivity index (χ2n) is 6.40. The van der Waals surface area contributed by atoms with Crippen LogP contribution >= 0.6 is 0 Å². The van der Waals surface area contributed by atoms with Crippen LogP contribution in [0.3, 0.4) is 0 Å². The van der Waals surface area contributed by atoms with E-state index in [0.29, 0.717) is 0 Å². The molecule has 0 aromatic heterocycles. The van der Waals surface area contributed by atoms with Crippen molar-refractivity contribution < 1.29 is 9.22 Å². The van der Waals surface area contributed by atoms with E-state index in [4.69, 9.17) is 4.74 Å². The number of methoxy groups -OCH3 is 1. The van der Waals surface area contributed by atoms with Crippen molar-refractivity contribution in [1.29, 1.82) is 0 Å². The van der Waals surface area contributed by atoms with Crippen molar-refractivity contribution in [1.82, 2.24) is 0 Å². The Bertz CT molecular complexity index is 587. The van der Waals surface area contributed by atoms with Crippen molar-refractivity contribution in [3.8, 4) is 5.75 Å². The van der Waals surface area contributed by atoms with Gasteiger partial charge in [-0.15, -0.1) is 0 Å². The van der Waals surface area contributed by atoms with Crippen LogP contribution in [-0.4, -0.2) is 44.8 Å². The highest BCUT2D eigenvalue weighted by Gasteiger charge is 2.28. The zero-order chi connectivity index (χ0) is 15.4. The minimum absolute atomic E-state index is 0.922. The fourth-order valence-corrected chi connectivity index (χ4v) is 3.18. The second-order valence-corrected chi connectivity index (χ2v) is 6.40. The lowest BCUT2D eigenvalue weighted by molar-refractivity contribution is -0.923. The van der Waals surface area contributed by atoms with E-state index in [-0.39, 0.29) is 0 Å². The quantitative estimate of drug-likeness (QED) is 0.804. The van der Waals surface area contributed by atoms with Crippen molar-refractivity contribution in [2.24, 2.45) is 0 Å². The Labute approximate surface area is 133 Å². The average Bonchev–Trinajstić information content (AvgIpc) is 2.56. The number of benzene rings is 2. The van der Waals surface area contributed by atoms with E-state index in [1.54, 1.807) is 7.11 Å². The third-order valence-corrected chi connectivity index (χ3v) is 4.66. The molecule has 0 bridgehead atoms. The van der Waals surface area contributed by atoms with E-state index in [1.807, 2.05) is 12.1 Å². The van der Waals surface area contributed by atoms with Gasteiger partial charge < -0.3 is 14.1 Å². The van der Waals surface area contributed by atoms with Crippen LogP contribution in [0.25, 0.3) is 0 Å². The average molecular weight is 297 g/mol. The summed E-state index contributed by atoms with van der Waals surface area (Å²) in [7, 11) is 4.08. The summed E-state index contributed by atoms with van der Waals surface area (Å²) in [5.74, 6) is 0.922. The lowest BCUT2D eigenvalue weighted by Gasteiger charge is -2.43. The van der Waals surface area contributed by atoms with E-state index in [1.165, 1.54) is 24.3 Å². The highest BCUT2D eigenvalue weighted by atomic mass is 16.5. The van der Waals surface area contributed by atoms with Crippen molar-refractivity contribution in [3.63, 3.8) is 0 Å². The van der Waals surface area contributed by atoms with Gasteiger partial charge in [0.1, 0.15) is 12.3 Å². The Morgan fingerprint density at radius 3 is 2.18 bits per heavy atom. The van der Waals surface area contributed by atoms with Gasteiger partial charge in [0, 0.05) is 11.3 Å². The number of nitrogens with zero attached hydrogens (tertiary/aromatic N) is 2. The summed E-state index contributed by atoms with van der Waals surface area (Å²) in [5.41, 5.74) is 2.73. The molecule has 0 spiro atoms. The number of hydrogen-bond acceptors (Lipinski definition) is 2.